The number of halogens is 1. The molecule has 2 amide bonds. The molecule has 0 heterocycles. The van der Waals surface area contributed by atoms with Crippen molar-refractivity contribution in [3.63, 3.8) is 0 Å². The number of carbonyl (C=O) groups excluding carboxylic acids is 2. The molecule has 0 unspecified atom stereocenters. The molecule has 3 rings (SSSR count). The van der Waals surface area contributed by atoms with Crippen molar-refractivity contribution in [2.45, 2.75) is 51.6 Å². The third-order valence-electron chi connectivity index (χ3n) is 6.47. The molecule has 0 fully saturated rings. The summed E-state index contributed by atoms with van der Waals surface area (Å²) in [6, 6.07) is 18.1. The van der Waals surface area contributed by atoms with Gasteiger partial charge in [-0.1, -0.05) is 55.5 Å². The fourth-order valence-electron chi connectivity index (χ4n) is 4.03. The summed E-state index contributed by atoms with van der Waals surface area (Å²) in [6.07, 6.45) is 0.704. The van der Waals surface area contributed by atoms with E-state index in [4.69, 9.17) is 0 Å². The highest BCUT2D eigenvalue weighted by Gasteiger charge is 2.33. The van der Waals surface area contributed by atoms with Crippen LogP contribution in [0, 0.1) is 19.7 Å². The van der Waals surface area contributed by atoms with Crippen LogP contribution < -0.4 is 9.62 Å². The number of nitrogens with one attached hydrogen (secondary N) is 1. The molecular weight excluding hydrogens is 505 g/mol. The smallest absolute Gasteiger partial charge is 0.264 e. The molecule has 3 aromatic carbocycles. The highest BCUT2D eigenvalue weighted by molar-refractivity contribution is 7.92. The standard InChI is InChI=1S/C29H34FN3O4S/c1-5-18-31-29(35)23(4)32(19-24-13-9-10-16-26(24)30)28(34)20-33(27-17-11-12-21(2)22(27)3)38(36,37)25-14-7-6-8-15-25/h6-17,23H,5,18-20H2,1-4H3,(H,31,35)/t23-/m1/s1. The van der Waals surface area contributed by atoms with Crippen molar-refractivity contribution >= 4 is 27.5 Å². The summed E-state index contributed by atoms with van der Waals surface area (Å²) in [6.45, 7) is 6.77. The monoisotopic (exact) mass is 539 g/mol. The van der Waals surface area contributed by atoms with E-state index in [1.807, 2.05) is 19.9 Å². The van der Waals surface area contributed by atoms with Crippen LogP contribution in [0.1, 0.15) is 37.0 Å². The van der Waals surface area contributed by atoms with Crippen LogP contribution in [-0.4, -0.2) is 44.3 Å². The lowest BCUT2D eigenvalue weighted by atomic mass is 10.1. The van der Waals surface area contributed by atoms with Gasteiger partial charge in [0.05, 0.1) is 10.6 Å². The van der Waals surface area contributed by atoms with E-state index < -0.39 is 40.2 Å². The number of hydrogen-bond donors (Lipinski definition) is 1. The zero-order chi connectivity index (χ0) is 27.9. The maximum absolute atomic E-state index is 14.6. The number of hydrogen-bond acceptors (Lipinski definition) is 4. The first kappa shape index (κ1) is 28.8. The number of carbonyl (C=O) groups is 2. The average Bonchev–Trinajstić information content (AvgIpc) is 2.91. The zero-order valence-electron chi connectivity index (χ0n) is 22.1. The van der Waals surface area contributed by atoms with E-state index in [9.17, 15) is 22.4 Å². The van der Waals surface area contributed by atoms with Gasteiger partial charge in [0.25, 0.3) is 10.0 Å². The lowest BCUT2D eigenvalue weighted by Crippen LogP contribution is -2.51. The van der Waals surface area contributed by atoms with E-state index in [-0.39, 0.29) is 17.0 Å². The lowest BCUT2D eigenvalue weighted by Gasteiger charge is -2.32. The molecule has 38 heavy (non-hydrogen) atoms. The summed E-state index contributed by atoms with van der Waals surface area (Å²) in [5.41, 5.74) is 2.14. The number of benzene rings is 3. The van der Waals surface area contributed by atoms with Crippen molar-refractivity contribution in [3.8, 4) is 0 Å². The molecule has 9 heteroatoms. The highest BCUT2D eigenvalue weighted by Crippen LogP contribution is 2.29. The molecule has 0 aliphatic carbocycles. The van der Waals surface area contributed by atoms with Gasteiger partial charge in [-0.2, -0.15) is 0 Å². The van der Waals surface area contributed by atoms with Crippen LogP contribution in [0.5, 0.6) is 0 Å². The van der Waals surface area contributed by atoms with Gasteiger partial charge >= 0.3 is 0 Å². The normalized spacial score (nSPS) is 12.0. The van der Waals surface area contributed by atoms with Gasteiger partial charge < -0.3 is 10.2 Å². The van der Waals surface area contributed by atoms with Crippen LogP contribution >= 0.6 is 0 Å². The molecule has 0 saturated heterocycles. The largest absolute Gasteiger partial charge is 0.354 e. The molecule has 0 bridgehead atoms. The molecule has 1 N–H and O–H groups in total. The Labute approximate surface area is 224 Å². The van der Waals surface area contributed by atoms with Crippen molar-refractivity contribution in [1.82, 2.24) is 10.2 Å². The molecule has 3 aromatic rings. The third-order valence-corrected chi connectivity index (χ3v) is 8.24. The van der Waals surface area contributed by atoms with E-state index in [0.29, 0.717) is 24.2 Å². The molecule has 0 spiro atoms. The predicted octanol–water partition coefficient (Wildman–Crippen LogP) is 4.58. The minimum Gasteiger partial charge on any atom is -0.354 e. The minimum absolute atomic E-state index is 0.0306. The second-order valence-electron chi connectivity index (χ2n) is 9.12. The van der Waals surface area contributed by atoms with Crippen LogP contribution in [0.4, 0.5) is 10.1 Å². The third kappa shape index (κ3) is 6.58. The van der Waals surface area contributed by atoms with Crippen molar-refractivity contribution < 1.29 is 22.4 Å². The van der Waals surface area contributed by atoms with Crippen molar-refractivity contribution in [1.29, 1.82) is 0 Å². The first-order valence-electron chi connectivity index (χ1n) is 12.5. The Hall–Kier alpha value is -3.72. The SMILES string of the molecule is CCCNC(=O)[C@@H](C)N(Cc1ccccc1F)C(=O)CN(c1cccc(C)c1C)S(=O)(=O)c1ccccc1. The first-order valence-corrected chi connectivity index (χ1v) is 14.0. The maximum Gasteiger partial charge on any atom is 0.264 e. The van der Waals surface area contributed by atoms with E-state index in [1.54, 1.807) is 50.2 Å². The van der Waals surface area contributed by atoms with Crippen LogP contribution in [-0.2, 0) is 26.2 Å². The first-order chi connectivity index (χ1) is 18.1. The summed E-state index contributed by atoms with van der Waals surface area (Å²) in [4.78, 5) is 28.0. The Balaban J connectivity index is 2.06. The van der Waals surface area contributed by atoms with E-state index >= 15 is 0 Å². The van der Waals surface area contributed by atoms with Crippen LogP contribution in [0.15, 0.2) is 77.7 Å². The molecule has 1 atom stereocenters. The molecule has 202 valence electrons. The number of amides is 2. The molecule has 0 saturated carbocycles. The van der Waals surface area contributed by atoms with Gasteiger partial charge in [0.15, 0.2) is 0 Å². The van der Waals surface area contributed by atoms with Gasteiger partial charge in [-0.3, -0.25) is 13.9 Å². The fraction of sp³-hybridized carbons (Fsp3) is 0.310. The maximum atomic E-state index is 14.6. The topological polar surface area (TPSA) is 86.8 Å². The van der Waals surface area contributed by atoms with Gasteiger partial charge in [-0.25, -0.2) is 12.8 Å². The summed E-state index contributed by atoms with van der Waals surface area (Å²) in [5, 5.41) is 2.77. The van der Waals surface area contributed by atoms with E-state index in [0.717, 1.165) is 9.87 Å². The molecule has 0 aliphatic heterocycles. The van der Waals surface area contributed by atoms with E-state index in [1.165, 1.54) is 35.2 Å². The molecule has 0 radical (unpaired) electrons. The van der Waals surface area contributed by atoms with Crippen LogP contribution in [0.3, 0.4) is 0 Å². The Morgan fingerprint density at radius 1 is 0.947 bits per heavy atom. The Kier molecular flexibility index (Phi) is 9.63. The van der Waals surface area contributed by atoms with Gasteiger partial charge in [0.2, 0.25) is 11.8 Å². The molecule has 0 aromatic heterocycles. The van der Waals surface area contributed by atoms with E-state index in [2.05, 4.69) is 5.32 Å². The van der Waals surface area contributed by atoms with Crippen LogP contribution in [0.2, 0.25) is 0 Å². The van der Waals surface area contributed by atoms with Gasteiger partial charge in [-0.05, 0) is 62.6 Å². The van der Waals surface area contributed by atoms with Crippen molar-refractivity contribution in [2.24, 2.45) is 0 Å². The summed E-state index contributed by atoms with van der Waals surface area (Å²) in [7, 11) is -4.15. The zero-order valence-corrected chi connectivity index (χ0v) is 23.0. The Morgan fingerprint density at radius 2 is 1.61 bits per heavy atom. The summed E-state index contributed by atoms with van der Waals surface area (Å²) >= 11 is 0. The summed E-state index contributed by atoms with van der Waals surface area (Å²) in [5.74, 6) is -1.55. The molecule has 0 aliphatic rings. The number of anilines is 1. The minimum atomic E-state index is -4.15. The number of rotatable bonds is 11. The number of aryl methyl sites for hydroxylation is 1. The summed E-state index contributed by atoms with van der Waals surface area (Å²) < 4.78 is 43.3. The Bertz CT molecular complexity index is 1380. The van der Waals surface area contributed by atoms with Gasteiger partial charge in [0.1, 0.15) is 18.4 Å². The quantitative estimate of drug-likeness (QED) is 0.387. The molecule has 7 nitrogen and oxygen atoms in total. The van der Waals surface area contributed by atoms with Crippen molar-refractivity contribution in [2.75, 3.05) is 17.4 Å². The van der Waals surface area contributed by atoms with Crippen LogP contribution in [0.25, 0.3) is 0 Å². The number of nitrogens with zero attached hydrogens (tertiary/aromatic N) is 2. The highest BCUT2D eigenvalue weighted by atomic mass is 32.2. The Morgan fingerprint density at radius 3 is 2.26 bits per heavy atom. The second kappa shape index (κ2) is 12.7. The average molecular weight is 540 g/mol. The van der Waals surface area contributed by atoms with Crippen molar-refractivity contribution in [3.05, 3.63) is 95.3 Å². The second-order valence-corrected chi connectivity index (χ2v) is 11.0. The fourth-order valence-corrected chi connectivity index (χ4v) is 5.52. The van der Waals surface area contributed by atoms with Gasteiger partial charge in [-0.15, -0.1) is 0 Å². The molecular formula is C29H34FN3O4S. The predicted molar refractivity (Wildman–Crippen MR) is 147 cm³/mol. The lowest BCUT2D eigenvalue weighted by molar-refractivity contribution is -0.139. The van der Waals surface area contributed by atoms with Gasteiger partial charge in [0, 0.05) is 18.7 Å². The number of sulfonamides is 1.